The predicted octanol–water partition coefficient (Wildman–Crippen LogP) is 3.36. The number of benzene rings is 1. The minimum Gasteiger partial charge on any atom is -0.357 e. The molecule has 0 aliphatic heterocycles. The number of aromatic nitrogens is 1. The van der Waals surface area contributed by atoms with Gasteiger partial charge in [0.2, 0.25) is 0 Å². The van der Waals surface area contributed by atoms with Crippen LogP contribution >= 0.6 is 11.3 Å². The molecule has 0 aliphatic carbocycles. The molecule has 0 saturated heterocycles. The molecule has 5 heteroatoms. The van der Waals surface area contributed by atoms with E-state index in [1.54, 1.807) is 11.3 Å². The van der Waals surface area contributed by atoms with Crippen LogP contribution in [0.25, 0.3) is 0 Å². The molecule has 2 aromatic rings. The number of nitrogens with zero attached hydrogens (tertiary/aromatic N) is 3. The van der Waals surface area contributed by atoms with Crippen LogP contribution in [-0.4, -0.2) is 29.4 Å². The lowest BCUT2D eigenvalue weighted by Crippen LogP contribution is -2.38. The second-order valence-corrected chi connectivity index (χ2v) is 6.37. The first-order valence-electron chi connectivity index (χ1n) is 7.55. The molecule has 1 aromatic heterocycles. The highest BCUT2D eigenvalue weighted by Crippen LogP contribution is 2.11. The van der Waals surface area contributed by atoms with Gasteiger partial charge in [0.15, 0.2) is 5.96 Å². The monoisotopic (exact) mass is 316 g/mol. The van der Waals surface area contributed by atoms with Crippen molar-refractivity contribution in [1.29, 1.82) is 0 Å². The van der Waals surface area contributed by atoms with Crippen molar-refractivity contribution in [3.05, 3.63) is 51.5 Å². The smallest absolute Gasteiger partial charge is 0.194 e. The van der Waals surface area contributed by atoms with Gasteiger partial charge in [-0.3, -0.25) is 0 Å². The van der Waals surface area contributed by atoms with Crippen LogP contribution in [0.15, 0.2) is 34.6 Å². The lowest BCUT2D eigenvalue weighted by atomic mass is 10.1. The van der Waals surface area contributed by atoms with Crippen LogP contribution in [0.5, 0.6) is 0 Å². The Bertz CT molecular complexity index is 633. The number of thiazole rings is 1. The van der Waals surface area contributed by atoms with Crippen molar-refractivity contribution in [2.24, 2.45) is 4.99 Å². The van der Waals surface area contributed by atoms with Crippen molar-refractivity contribution in [1.82, 2.24) is 15.2 Å². The molecule has 1 aromatic carbocycles. The average molecular weight is 316 g/mol. The first kappa shape index (κ1) is 16.5. The number of hydrogen-bond acceptors (Lipinski definition) is 3. The molecule has 0 radical (unpaired) electrons. The van der Waals surface area contributed by atoms with Crippen LogP contribution in [0, 0.1) is 13.8 Å². The number of aryl methyl sites for hydroxylation is 2. The lowest BCUT2D eigenvalue weighted by molar-refractivity contribution is 0.470. The Morgan fingerprint density at radius 1 is 1.32 bits per heavy atom. The van der Waals surface area contributed by atoms with Gasteiger partial charge in [0.1, 0.15) is 0 Å². The van der Waals surface area contributed by atoms with Crippen molar-refractivity contribution in [2.45, 2.75) is 33.9 Å². The van der Waals surface area contributed by atoms with Gasteiger partial charge < -0.3 is 10.2 Å². The van der Waals surface area contributed by atoms with Crippen molar-refractivity contribution in [2.75, 3.05) is 13.6 Å². The molecular weight excluding hydrogens is 292 g/mol. The quantitative estimate of drug-likeness (QED) is 0.679. The van der Waals surface area contributed by atoms with E-state index in [1.165, 1.54) is 11.1 Å². The zero-order valence-electron chi connectivity index (χ0n) is 13.8. The van der Waals surface area contributed by atoms with E-state index in [1.807, 2.05) is 14.0 Å². The molecule has 2 rings (SSSR count). The summed E-state index contributed by atoms with van der Waals surface area (Å²) < 4.78 is 0. The summed E-state index contributed by atoms with van der Waals surface area (Å²) in [5, 5.41) is 6.56. The summed E-state index contributed by atoms with van der Waals surface area (Å²) in [6, 6.07) is 8.38. The van der Waals surface area contributed by atoms with Gasteiger partial charge in [-0.1, -0.05) is 24.3 Å². The third kappa shape index (κ3) is 4.56. The Hall–Kier alpha value is -1.88. The Balaban J connectivity index is 2.07. The molecule has 0 saturated carbocycles. The molecule has 4 nitrogen and oxygen atoms in total. The predicted molar refractivity (Wildman–Crippen MR) is 94.3 cm³/mol. The molecule has 0 fully saturated rings. The van der Waals surface area contributed by atoms with Crippen molar-refractivity contribution in [3.8, 4) is 0 Å². The summed E-state index contributed by atoms with van der Waals surface area (Å²) >= 11 is 1.69. The Morgan fingerprint density at radius 3 is 2.73 bits per heavy atom. The largest absolute Gasteiger partial charge is 0.357 e. The van der Waals surface area contributed by atoms with Gasteiger partial charge in [-0.25, -0.2) is 9.98 Å². The molecular formula is C17H24N4S. The highest BCUT2D eigenvalue weighted by atomic mass is 32.1. The van der Waals surface area contributed by atoms with E-state index in [0.717, 1.165) is 29.8 Å². The summed E-state index contributed by atoms with van der Waals surface area (Å²) in [7, 11) is 2.05. The minimum atomic E-state index is 0.690. The molecule has 22 heavy (non-hydrogen) atoms. The van der Waals surface area contributed by atoms with Crippen LogP contribution in [0.3, 0.4) is 0 Å². The van der Waals surface area contributed by atoms with Crippen LogP contribution in [0.4, 0.5) is 0 Å². The zero-order chi connectivity index (χ0) is 15.9. The maximum atomic E-state index is 4.75. The Labute approximate surface area is 136 Å². The maximum Gasteiger partial charge on any atom is 0.194 e. The standard InChI is InChI=1S/C17H24N4S/c1-5-18-17(19-10-15-9-7-6-8-13(15)2)21(4)11-16-12-22-14(3)20-16/h6-9,12H,5,10-11H2,1-4H3,(H,18,19). The summed E-state index contributed by atoms with van der Waals surface area (Å²) in [5.41, 5.74) is 3.63. The first-order valence-corrected chi connectivity index (χ1v) is 8.43. The molecule has 0 aliphatic rings. The zero-order valence-corrected chi connectivity index (χ0v) is 14.6. The molecule has 0 bridgehead atoms. The molecule has 0 spiro atoms. The van der Waals surface area contributed by atoms with E-state index in [0.29, 0.717) is 6.54 Å². The minimum absolute atomic E-state index is 0.690. The van der Waals surface area contributed by atoms with E-state index < -0.39 is 0 Å². The van der Waals surface area contributed by atoms with Gasteiger partial charge in [-0.15, -0.1) is 11.3 Å². The van der Waals surface area contributed by atoms with E-state index in [9.17, 15) is 0 Å². The number of guanidine groups is 1. The maximum absolute atomic E-state index is 4.75. The summed E-state index contributed by atoms with van der Waals surface area (Å²) in [6.07, 6.45) is 0. The van der Waals surface area contributed by atoms with Gasteiger partial charge in [-0.2, -0.15) is 0 Å². The topological polar surface area (TPSA) is 40.5 Å². The number of hydrogen-bond donors (Lipinski definition) is 1. The fourth-order valence-electron chi connectivity index (χ4n) is 2.22. The molecule has 1 heterocycles. The summed E-state index contributed by atoms with van der Waals surface area (Å²) in [4.78, 5) is 11.4. The average Bonchev–Trinajstić information content (AvgIpc) is 2.90. The van der Waals surface area contributed by atoms with E-state index in [4.69, 9.17) is 4.99 Å². The van der Waals surface area contributed by atoms with E-state index >= 15 is 0 Å². The van der Waals surface area contributed by atoms with Crippen LogP contribution in [-0.2, 0) is 13.1 Å². The van der Waals surface area contributed by atoms with Crippen LogP contribution < -0.4 is 5.32 Å². The Kier molecular flexibility index (Phi) is 5.95. The number of rotatable bonds is 5. The number of aliphatic imine (C=N–C) groups is 1. The third-order valence-electron chi connectivity index (χ3n) is 3.42. The Morgan fingerprint density at radius 2 is 2.09 bits per heavy atom. The van der Waals surface area contributed by atoms with E-state index in [2.05, 4.69) is 58.7 Å². The second kappa shape index (κ2) is 7.94. The van der Waals surface area contributed by atoms with Crippen LogP contribution in [0.1, 0.15) is 28.8 Å². The van der Waals surface area contributed by atoms with Gasteiger partial charge in [0.05, 0.1) is 23.8 Å². The van der Waals surface area contributed by atoms with Gasteiger partial charge in [0.25, 0.3) is 0 Å². The summed E-state index contributed by atoms with van der Waals surface area (Å²) in [6.45, 7) is 8.56. The first-order chi connectivity index (χ1) is 10.6. The molecule has 1 N–H and O–H groups in total. The van der Waals surface area contributed by atoms with Gasteiger partial charge >= 0.3 is 0 Å². The summed E-state index contributed by atoms with van der Waals surface area (Å²) in [5.74, 6) is 0.913. The molecule has 118 valence electrons. The van der Waals surface area contributed by atoms with Gasteiger partial charge in [-0.05, 0) is 31.9 Å². The number of nitrogens with one attached hydrogen (secondary N) is 1. The normalized spacial score (nSPS) is 11.5. The SMILES string of the molecule is CCNC(=NCc1ccccc1C)N(C)Cc1csc(C)n1. The van der Waals surface area contributed by atoms with Crippen molar-refractivity contribution < 1.29 is 0 Å². The van der Waals surface area contributed by atoms with E-state index in [-0.39, 0.29) is 0 Å². The van der Waals surface area contributed by atoms with Crippen molar-refractivity contribution >= 4 is 17.3 Å². The van der Waals surface area contributed by atoms with Crippen LogP contribution in [0.2, 0.25) is 0 Å². The third-order valence-corrected chi connectivity index (χ3v) is 4.24. The van der Waals surface area contributed by atoms with Crippen molar-refractivity contribution in [3.63, 3.8) is 0 Å². The second-order valence-electron chi connectivity index (χ2n) is 5.31. The molecule has 0 amide bonds. The highest BCUT2D eigenvalue weighted by Gasteiger charge is 2.08. The fourth-order valence-corrected chi connectivity index (χ4v) is 2.82. The van der Waals surface area contributed by atoms with Gasteiger partial charge in [0, 0.05) is 19.0 Å². The highest BCUT2D eigenvalue weighted by molar-refractivity contribution is 7.09. The lowest BCUT2D eigenvalue weighted by Gasteiger charge is -2.21. The molecule has 0 atom stereocenters. The molecule has 0 unspecified atom stereocenters. The fraction of sp³-hybridized carbons (Fsp3) is 0.412.